The fourth-order valence-electron chi connectivity index (χ4n) is 3.55. The maximum atomic E-state index is 13.1. The molecule has 0 aliphatic carbocycles. The summed E-state index contributed by atoms with van der Waals surface area (Å²) in [6, 6.07) is 4.53. The molecular weight excluding hydrogens is 405 g/mol. The van der Waals surface area contributed by atoms with Gasteiger partial charge in [0.25, 0.3) is 0 Å². The number of carbonyl (C=O) groups is 1. The third-order valence-corrected chi connectivity index (χ3v) is 7.10. The molecule has 1 N–H and O–H groups in total. The first-order valence-electron chi connectivity index (χ1n) is 9.89. The topological polar surface area (TPSA) is 66.5 Å². The predicted molar refractivity (Wildman–Crippen MR) is 106 cm³/mol. The van der Waals surface area contributed by atoms with Gasteiger partial charge >= 0.3 is 6.18 Å². The molecule has 164 valence electrons. The summed E-state index contributed by atoms with van der Waals surface area (Å²) in [6.45, 7) is 6.04. The van der Waals surface area contributed by atoms with Crippen molar-refractivity contribution in [1.82, 2.24) is 9.62 Å². The standard InChI is InChI=1S/C20H29F3N2O3S/c1-4-29(27,28)25-10-8-15(9-11-25)19(26)24-18(12-14(2)3)16-6-5-7-17(13-16)20(21,22)23/h5-7,13-15,18H,4,8-12H2,1-3H3,(H,24,26). The fraction of sp³-hybridized carbons (Fsp3) is 0.650. The van der Waals surface area contributed by atoms with E-state index in [-0.39, 0.29) is 36.6 Å². The molecule has 0 spiro atoms. The lowest BCUT2D eigenvalue weighted by Gasteiger charge is -2.31. The number of hydrogen-bond acceptors (Lipinski definition) is 3. The average Bonchev–Trinajstić information content (AvgIpc) is 2.66. The van der Waals surface area contributed by atoms with E-state index in [0.29, 0.717) is 24.8 Å². The van der Waals surface area contributed by atoms with E-state index in [0.717, 1.165) is 12.1 Å². The largest absolute Gasteiger partial charge is 0.416 e. The number of piperidine rings is 1. The molecule has 0 aromatic heterocycles. The van der Waals surface area contributed by atoms with Crippen LogP contribution in [0.5, 0.6) is 0 Å². The van der Waals surface area contributed by atoms with Crippen LogP contribution in [-0.4, -0.2) is 37.5 Å². The number of halogens is 3. The van der Waals surface area contributed by atoms with E-state index in [1.54, 1.807) is 13.0 Å². The second kappa shape index (κ2) is 9.47. The molecule has 1 heterocycles. The Kier molecular flexibility index (Phi) is 7.73. The molecular formula is C20H29F3N2O3S. The van der Waals surface area contributed by atoms with Crippen LogP contribution in [0, 0.1) is 11.8 Å². The Labute approximate surface area is 170 Å². The van der Waals surface area contributed by atoms with Crippen molar-refractivity contribution in [3.63, 3.8) is 0 Å². The summed E-state index contributed by atoms with van der Waals surface area (Å²) >= 11 is 0. The molecule has 0 radical (unpaired) electrons. The van der Waals surface area contributed by atoms with Crippen molar-refractivity contribution in [3.05, 3.63) is 35.4 Å². The van der Waals surface area contributed by atoms with Crippen LogP contribution >= 0.6 is 0 Å². The second-order valence-electron chi connectivity index (χ2n) is 7.89. The van der Waals surface area contributed by atoms with E-state index in [1.165, 1.54) is 10.4 Å². The third-order valence-electron chi connectivity index (χ3n) is 5.22. The van der Waals surface area contributed by atoms with Gasteiger partial charge < -0.3 is 5.32 Å². The molecule has 1 aliphatic rings. The quantitative estimate of drug-likeness (QED) is 0.706. The van der Waals surface area contributed by atoms with Crippen molar-refractivity contribution in [3.8, 4) is 0 Å². The highest BCUT2D eigenvalue weighted by Crippen LogP contribution is 2.32. The van der Waals surface area contributed by atoms with Crippen LogP contribution in [0.3, 0.4) is 0 Å². The third kappa shape index (κ3) is 6.44. The van der Waals surface area contributed by atoms with Crippen molar-refractivity contribution in [2.75, 3.05) is 18.8 Å². The van der Waals surface area contributed by atoms with Crippen molar-refractivity contribution in [1.29, 1.82) is 0 Å². The van der Waals surface area contributed by atoms with E-state index < -0.39 is 27.8 Å². The van der Waals surface area contributed by atoms with E-state index in [4.69, 9.17) is 0 Å². The minimum Gasteiger partial charge on any atom is -0.349 e. The molecule has 9 heteroatoms. The minimum atomic E-state index is -4.44. The summed E-state index contributed by atoms with van der Waals surface area (Å²) in [6.07, 6.45) is -3.12. The molecule has 5 nitrogen and oxygen atoms in total. The van der Waals surface area contributed by atoms with E-state index in [2.05, 4.69) is 5.32 Å². The Bertz CT molecular complexity index is 801. The molecule has 1 unspecified atom stereocenters. The van der Waals surface area contributed by atoms with Crippen molar-refractivity contribution >= 4 is 15.9 Å². The zero-order valence-electron chi connectivity index (χ0n) is 17.0. The van der Waals surface area contributed by atoms with Crippen molar-refractivity contribution < 1.29 is 26.4 Å². The maximum Gasteiger partial charge on any atom is 0.416 e. The molecule has 1 amide bonds. The summed E-state index contributed by atoms with van der Waals surface area (Å²) in [5.74, 6) is -0.387. The monoisotopic (exact) mass is 434 g/mol. The Balaban J connectivity index is 2.10. The number of amides is 1. The van der Waals surface area contributed by atoms with Crippen LogP contribution in [0.4, 0.5) is 13.2 Å². The van der Waals surface area contributed by atoms with Gasteiger partial charge in [-0.1, -0.05) is 26.0 Å². The summed E-state index contributed by atoms with van der Waals surface area (Å²) < 4.78 is 64.5. The number of sulfonamides is 1. The lowest BCUT2D eigenvalue weighted by Crippen LogP contribution is -2.44. The lowest BCUT2D eigenvalue weighted by atomic mass is 9.93. The predicted octanol–water partition coefficient (Wildman–Crippen LogP) is 3.97. The number of alkyl halides is 3. The van der Waals surface area contributed by atoms with Gasteiger partial charge in [-0.2, -0.15) is 13.2 Å². The van der Waals surface area contributed by atoms with Crippen LogP contribution in [0.2, 0.25) is 0 Å². The molecule has 2 rings (SSSR count). The summed E-state index contributed by atoms with van der Waals surface area (Å²) in [7, 11) is -3.28. The fourth-order valence-corrected chi connectivity index (χ4v) is 4.68. The molecule has 1 aliphatic heterocycles. The van der Waals surface area contributed by atoms with Gasteiger partial charge in [0.1, 0.15) is 0 Å². The number of hydrogen-bond donors (Lipinski definition) is 1. The van der Waals surface area contributed by atoms with Gasteiger partial charge in [-0.25, -0.2) is 12.7 Å². The van der Waals surface area contributed by atoms with Gasteiger partial charge in [0.2, 0.25) is 15.9 Å². The minimum absolute atomic E-state index is 0.0237. The normalized spacial score (nSPS) is 18.0. The molecule has 0 bridgehead atoms. The highest BCUT2D eigenvalue weighted by atomic mass is 32.2. The Morgan fingerprint density at radius 2 is 1.86 bits per heavy atom. The van der Waals surface area contributed by atoms with Crippen LogP contribution in [0.1, 0.15) is 57.2 Å². The molecule has 0 saturated carbocycles. The number of benzene rings is 1. The highest BCUT2D eigenvalue weighted by molar-refractivity contribution is 7.89. The first-order chi connectivity index (χ1) is 13.4. The molecule has 1 aromatic rings. The van der Waals surface area contributed by atoms with Crippen LogP contribution in [0.15, 0.2) is 24.3 Å². The molecule has 1 atom stereocenters. The van der Waals surface area contributed by atoms with E-state index >= 15 is 0 Å². The van der Waals surface area contributed by atoms with Gasteiger partial charge in [-0.05, 0) is 49.8 Å². The number of nitrogens with one attached hydrogen (secondary N) is 1. The first-order valence-corrected chi connectivity index (χ1v) is 11.5. The molecule has 1 fully saturated rings. The zero-order chi connectivity index (χ0) is 21.8. The van der Waals surface area contributed by atoms with Gasteiger partial charge in [0.05, 0.1) is 17.4 Å². The van der Waals surface area contributed by atoms with Gasteiger partial charge in [0, 0.05) is 19.0 Å². The van der Waals surface area contributed by atoms with Gasteiger partial charge in [-0.3, -0.25) is 4.79 Å². The van der Waals surface area contributed by atoms with Gasteiger partial charge in [0.15, 0.2) is 0 Å². The van der Waals surface area contributed by atoms with Gasteiger partial charge in [-0.15, -0.1) is 0 Å². The summed E-state index contributed by atoms with van der Waals surface area (Å²) in [5, 5.41) is 2.91. The average molecular weight is 435 g/mol. The number of nitrogens with zero attached hydrogens (tertiary/aromatic N) is 1. The molecule has 29 heavy (non-hydrogen) atoms. The molecule has 1 saturated heterocycles. The number of rotatable bonds is 7. The lowest BCUT2D eigenvalue weighted by molar-refractivity contribution is -0.137. The Morgan fingerprint density at radius 1 is 1.24 bits per heavy atom. The summed E-state index contributed by atoms with van der Waals surface area (Å²) in [5.41, 5.74) is -0.316. The summed E-state index contributed by atoms with van der Waals surface area (Å²) in [4.78, 5) is 12.8. The van der Waals surface area contributed by atoms with Crippen molar-refractivity contribution in [2.24, 2.45) is 11.8 Å². The SMILES string of the molecule is CCS(=O)(=O)N1CCC(C(=O)NC(CC(C)C)c2cccc(C(F)(F)F)c2)CC1. The smallest absolute Gasteiger partial charge is 0.349 e. The second-order valence-corrected chi connectivity index (χ2v) is 10.1. The highest BCUT2D eigenvalue weighted by Gasteiger charge is 2.33. The Morgan fingerprint density at radius 3 is 2.38 bits per heavy atom. The first kappa shape index (κ1) is 23.7. The van der Waals surface area contributed by atoms with Crippen LogP contribution in [0.25, 0.3) is 0 Å². The van der Waals surface area contributed by atoms with E-state index in [9.17, 15) is 26.4 Å². The number of carbonyl (C=O) groups excluding carboxylic acids is 1. The van der Waals surface area contributed by atoms with E-state index in [1.807, 2.05) is 13.8 Å². The van der Waals surface area contributed by atoms with Crippen molar-refractivity contribution in [2.45, 2.75) is 52.3 Å². The molecule has 1 aromatic carbocycles. The Hall–Kier alpha value is -1.61. The maximum absolute atomic E-state index is 13.1. The zero-order valence-corrected chi connectivity index (χ0v) is 17.8. The van der Waals surface area contributed by atoms with Crippen LogP contribution < -0.4 is 5.32 Å². The van der Waals surface area contributed by atoms with Crippen LogP contribution in [-0.2, 0) is 21.0 Å².